The highest BCUT2D eigenvalue weighted by atomic mass is 15.2. The number of hydrogen-bond donors (Lipinski definition) is 1. The quantitative estimate of drug-likeness (QED) is 0.642. The summed E-state index contributed by atoms with van der Waals surface area (Å²) >= 11 is 0. The van der Waals surface area contributed by atoms with Crippen molar-refractivity contribution >= 4 is 0 Å². The summed E-state index contributed by atoms with van der Waals surface area (Å²) in [5.74, 6) is 2.26. The van der Waals surface area contributed by atoms with Gasteiger partial charge in [0.1, 0.15) is 0 Å². The third kappa shape index (κ3) is 8.10. The van der Waals surface area contributed by atoms with Gasteiger partial charge in [-0.1, -0.05) is 54.9 Å². The highest BCUT2D eigenvalue weighted by molar-refractivity contribution is 4.77. The molecule has 2 atom stereocenters. The van der Waals surface area contributed by atoms with Crippen molar-refractivity contribution in [2.24, 2.45) is 17.8 Å². The number of hydrogen-bond acceptors (Lipinski definition) is 2. The van der Waals surface area contributed by atoms with E-state index in [1.807, 2.05) is 0 Å². The summed E-state index contributed by atoms with van der Waals surface area (Å²) in [6.07, 6.45) is 1.26. The molecule has 1 N–H and O–H groups in total. The van der Waals surface area contributed by atoms with Crippen molar-refractivity contribution in [3.63, 3.8) is 0 Å². The average Bonchev–Trinajstić information content (AvgIpc) is 2.25. The van der Waals surface area contributed by atoms with Crippen LogP contribution >= 0.6 is 0 Å². The Kier molecular flexibility index (Phi) is 9.76. The minimum atomic E-state index is 0.637. The maximum Gasteiger partial charge on any atom is 0.0220 e. The molecule has 0 radical (unpaired) electrons. The Morgan fingerprint density at radius 1 is 0.833 bits per heavy atom. The molecule has 2 heteroatoms. The van der Waals surface area contributed by atoms with E-state index < -0.39 is 0 Å². The van der Waals surface area contributed by atoms with Gasteiger partial charge >= 0.3 is 0 Å². The maximum atomic E-state index is 3.67. The Morgan fingerprint density at radius 2 is 1.33 bits per heavy atom. The van der Waals surface area contributed by atoms with Crippen LogP contribution in [0.1, 0.15) is 54.9 Å². The Bertz CT molecular complexity index is 180. The summed E-state index contributed by atoms with van der Waals surface area (Å²) in [6, 6.07) is 0.637. The van der Waals surface area contributed by atoms with Crippen molar-refractivity contribution in [1.29, 1.82) is 0 Å². The van der Waals surface area contributed by atoms with Gasteiger partial charge in [0.05, 0.1) is 0 Å². The number of rotatable bonds is 10. The summed E-state index contributed by atoms with van der Waals surface area (Å²) in [7, 11) is 0. The number of nitrogens with one attached hydrogen (secondary N) is 1. The normalized spacial score (nSPS) is 15.7. The van der Waals surface area contributed by atoms with Crippen LogP contribution in [0.15, 0.2) is 0 Å². The molecular weight excluding hydrogens is 220 g/mol. The second-order valence-corrected chi connectivity index (χ2v) is 6.56. The van der Waals surface area contributed by atoms with E-state index in [2.05, 4.69) is 58.7 Å². The Hall–Kier alpha value is -0.0800. The second-order valence-electron chi connectivity index (χ2n) is 6.56. The van der Waals surface area contributed by atoms with Crippen LogP contribution in [0.5, 0.6) is 0 Å². The zero-order valence-corrected chi connectivity index (χ0v) is 13.8. The van der Waals surface area contributed by atoms with Gasteiger partial charge in [0.2, 0.25) is 0 Å². The molecule has 0 saturated carbocycles. The fraction of sp³-hybridized carbons (Fsp3) is 1.00. The Balaban J connectivity index is 4.46. The zero-order valence-electron chi connectivity index (χ0n) is 13.8. The molecule has 0 aromatic rings. The molecular formula is C16H36N2. The summed E-state index contributed by atoms with van der Waals surface area (Å²) in [6.45, 7) is 20.9. The third-order valence-corrected chi connectivity index (χ3v) is 3.50. The Morgan fingerprint density at radius 3 is 1.67 bits per heavy atom. The van der Waals surface area contributed by atoms with Crippen molar-refractivity contribution in [3.05, 3.63) is 0 Å². The summed E-state index contributed by atoms with van der Waals surface area (Å²) < 4.78 is 0. The van der Waals surface area contributed by atoms with Crippen LogP contribution in [-0.4, -0.2) is 37.1 Å². The summed E-state index contributed by atoms with van der Waals surface area (Å²) in [5.41, 5.74) is 0. The molecule has 0 heterocycles. The van der Waals surface area contributed by atoms with E-state index in [-0.39, 0.29) is 0 Å². The Labute approximate surface area is 116 Å². The molecule has 0 saturated heterocycles. The molecule has 0 rings (SSSR count). The van der Waals surface area contributed by atoms with E-state index >= 15 is 0 Å². The fourth-order valence-corrected chi connectivity index (χ4v) is 2.53. The van der Waals surface area contributed by atoms with Crippen LogP contribution in [0, 0.1) is 17.8 Å². The first kappa shape index (κ1) is 17.9. The zero-order chi connectivity index (χ0) is 14.1. The first-order valence-corrected chi connectivity index (χ1v) is 7.86. The van der Waals surface area contributed by atoms with Crippen LogP contribution in [0.25, 0.3) is 0 Å². The number of nitrogens with zero attached hydrogens (tertiary/aromatic N) is 1. The van der Waals surface area contributed by atoms with Crippen LogP contribution in [0.3, 0.4) is 0 Å². The monoisotopic (exact) mass is 256 g/mol. The highest BCUT2D eigenvalue weighted by Gasteiger charge is 2.19. The molecule has 0 amide bonds. The van der Waals surface area contributed by atoms with Gasteiger partial charge in [-0.25, -0.2) is 0 Å². The molecule has 110 valence electrons. The SMILES string of the molecule is CCNC(CN(CC(C)C)CC(C)C)C(C)CC. The van der Waals surface area contributed by atoms with Crippen LogP contribution in [0.4, 0.5) is 0 Å². The third-order valence-electron chi connectivity index (χ3n) is 3.50. The van der Waals surface area contributed by atoms with Crippen molar-refractivity contribution in [2.45, 2.75) is 60.9 Å². The van der Waals surface area contributed by atoms with Crippen LogP contribution in [0.2, 0.25) is 0 Å². The number of likely N-dealkylation sites (N-methyl/N-ethyl adjacent to an activating group) is 1. The molecule has 2 nitrogen and oxygen atoms in total. The van der Waals surface area contributed by atoms with Crippen molar-refractivity contribution < 1.29 is 0 Å². The highest BCUT2D eigenvalue weighted by Crippen LogP contribution is 2.12. The van der Waals surface area contributed by atoms with E-state index in [0.29, 0.717) is 6.04 Å². The van der Waals surface area contributed by atoms with Gasteiger partial charge in [-0.15, -0.1) is 0 Å². The lowest BCUT2D eigenvalue weighted by Crippen LogP contribution is -2.46. The lowest BCUT2D eigenvalue weighted by molar-refractivity contribution is 0.177. The van der Waals surface area contributed by atoms with Crippen molar-refractivity contribution in [2.75, 3.05) is 26.2 Å². The molecule has 18 heavy (non-hydrogen) atoms. The fourth-order valence-electron chi connectivity index (χ4n) is 2.53. The van der Waals surface area contributed by atoms with Crippen molar-refractivity contribution in [1.82, 2.24) is 10.2 Å². The molecule has 0 bridgehead atoms. The molecule has 0 fully saturated rings. The smallest absolute Gasteiger partial charge is 0.0220 e. The van der Waals surface area contributed by atoms with Gasteiger partial charge in [-0.05, 0) is 24.3 Å². The maximum absolute atomic E-state index is 3.67. The van der Waals surface area contributed by atoms with E-state index in [1.165, 1.54) is 26.1 Å². The first-order valence-electron chi connectivity index (χ1n) is 7.86. The molecule has 2 unspecified atom stereocenters. The van der Waals surface area contributed by atoms with E-state index in [1.54, 1.807) is 0 Å². The van der Waals surface area contributed by atoms with Gasteiger partial charge in [0.15, 0.2) is 0 Å². The van der Waals surface area contributed by atoms with Crippen LogP contribution in [-0.2, 0) is 0 Å². The topological polar surface area (TPSA) is 15.3 Å². The predicted octanol–water partition coefficient (Wildman–Crippen LogP) is 3.62. The lowest BCUT2D eigenvalue weighted by Gasteiger charge is -2.33. The first-order chi connectivity index (χ1) is 8.40. The molecule has 0 aliphatic rings. The van der Waals surface area contributed by atoms with Gasteiger partial charge < -0.3 is 10.2 Å². The molecule has 0 aromatic carbocycles. The predicted molar refractivity (Wildman–Crippen MR) is 83.0 cm³/mol. The molecule has 0 aromatic heterocycles. The average molecular weight is 256 g/mol. The van der Waals surface area contributed by atoms with E-state index in [9.17, 15) is 0 Å². The van der Waals surface area contributed by atoms with Gasteiger partial charge in [0, 0.05) is 25.7 Å². The lowest BCUT2D eigenvalue weighted by atomic mass is 9.97. The second kappa shape index (κ2) is 9.80. The standard InChI is InChI=1S/C16H36N2/c1-8-15(7)16(17-9-2)12-18(10-13(3)4)11-14(5)6/h13-17H,8-12H2,1-7H3. The van der Waals surface area contributed by atoms with Gasteiger partial charge in [-0.3, -0.25) is 0 Å². The summed E-state index contributed by atoms with van der Waals surface area (Å²) in [4.78, 5) is 2.65. The minimum absolute atomic E-state index is 0.637. The van der Waals surface area contributed by atoms with Gasteiger partial charge in [0.25, 0.3) is 0 Å². The largest absolute Gasteiger partial charge is 0.313 e. The summed E-state index contributed by atoms with van der Waals surface area (Å²) in [5, 5.41) is 3.67. The molecule has 0 aliphatic heterocycles. The van der Waals surface area contributed by atoms with Crippen LogP contribution < -0.4 is 5.32 Å². The molecule has 0 aliphatic carbocycles. The van der Waals surface area contributed by atoms with E-state index in [4.69, 9.17) is 0 Å². The molecule has 0 spiro atoms. The van der Waals surface area contributed by atoms with Crippen molar-refractivity contribution in [3.8, 4) is 0 Å². The van der Waals surface area contributed by atoms with E-state index in [0.717, 1.165) is 24.3 Å². The van der Waals surface area contributed by atoms with Gasteiger partial charge in [-0.2, -0.15) is 0 Å². The minimum Gasteiger partial charge on any atom is -0.313 e.